The number of fused-ring (bicyclic) bond motifs is 1. The zero-order valence-corrected chi connectivity index (χ0v) is 24.1. The maximum absolute atomic E-state index is 13.5. The standard InChI is InChI=1S/C31H34F6N4O3/c1-39(17-18-12-14-40(15-13-18)23-9-7-22(8-10-23)30(32,33)34)28(42)19-2-5-21(6-3-19)29-26(27(29)38-29)20-4-11-25(41(43)44)24(16-20)31(35,36)37/h4,7-11,16,18-19,21,26-27,38H,2-3,5-6,12-15,17H2,1H3/t19?,21?,26?,27?,29-/m1/s1. The molecule has 0 aromatic heterocycles. The number of hydrogen-bond donors (Lipinski definition) is 1. The Morgan fingerprint density at radius 3 is 2.16 bits per heavy atom. The summed E-state index contributed by atoms with van der Waals surface area (Å²) in [4.78, 5) is 27.3. The molecule has 1 N–H and O–H groups in total. The molecule has 2 aliphatic heterocycles. The zero-order valence-electron chi connectivity index (χ0n) is 24.1. The fraction of sp³-hybridized carbons (Fsp3) is 0.581. The van der Waals surface area contributed by atoms with E-state index >= 15 is 0 Å². The van der Waals surface area contributed by atoms with E-state index in [1.165, 1.54) is 18.2 Å². The van der Waals surface area contributed by atoms with Crippen LogP contribution in [0.2, 0.25) is 0 Å². The van der Waals surface area contributed by atoms with Gasteiger partial charge in [0.2, 0.25) is 5.91 Å². The third-order valence-corrected chi connectivity index (χ3v) is 10.3. The first-order valence-corrected chi connectivity index (χ1v) is 15.0. The van der Waals surface area contributed by atoms with Crippen LogP contribution in [0.1, 0.15) is 61.1 Å². The van der Waals surface area contributed by atoms with E-state index < -0.39 is 34.1 Å². The Bertz CT molecular complexity index is 1410. The monoisotopic (exact) mass is 624 g/mol. The van der Waals surface area contributed by atoms with Crippen LogP contribution in [-0.4, -0.2) is 54.0 Å². The third kappa shape index (κ3) is 5.63. The van der Waals surface area contributed by atoms with Gasteiger partial charge in [-0.15, -0.1) is 0 Å². The SMILES string of the molecule is CN(CC1CCN(c2ccc(C(F)(F)F)cc2)CC1)C(=O)C1CCC([C@]23NC2C3c2ccc([N+](=O)[O-])c(C(F)(F)F)c2)CC1. The van der Waals surface area contributed by atoms with E-state index in [0.29, 0.717) is 44.0 Å². The summed E-state index contributed by atoms with van der Waals surface area (Å²) in [6.07, 6.45) is -4.52. The van der Waals surface area contributed by atoms with Crippen molar-refractivity contribution in [2.45, 2.75) is 68.4 Å². The van der Waals surface area contributed by atoms with Crippen LogP contribution >= 0.6 is 0 Å². The highest BCUT2D eigenvalue weighted by atomic mass is 19.4. The van der Waals surface area contributed by atoms with Gasteiger partial charge < -0.3 is 15.1 Å². The average molecular weight is 625 g/mol. The molecule has 2 saturated carbocycles. The molecule has 0 spiro atoms. The Hall–Kier alpha value is -3.35. The molecule has 2 aromatic rings. The van der Waals surface area contributed by atoms with Crippen molar-refractivity contribution in [2.75, 3.05) is 31.6 Å². The van der Waals surface area contributed by atoms with Crippen LogP contribution in [-0.2, 0) is 17.1 Å². The normalized spacial score (nSPS) is 28.8. The van der Waals surface area contributed by atoms with E-state index in [-0.39, 0.29) is 35.2 Å². The molecule has 0 radical (unpaired) electrons. The average Bonchev–Trinajstić information content (AvgIpc) is 3.87. The highest BCUT2D eigenvalue weighted by Crippen LogP contribution is 2.70. The summed E-state index contributed by atoms with van der Waals surface area (Å²) in [6, 6.07) is 8.59. The maximum atomic E-state index is 13.5. The number of alkyl halides is 6. The fourth-order valence-electron chi connectivity index (χ4n) is 7.78. The zero-order chi connectivity index (χ0) is 31.6. The van der Waals surface area contributed by atoms with Crippen molar-refractivity contribution < 1.29 is 36.1 Å². The van der Waals surface area contributed by atoms with Crippen LogP contribution in [0.15, 0.2) is 42.5 Å². The lowest BCUT2D eigenvalue weighted by Gasteiger charge is -2.37. The lowest BCUT2D eigenvalue weighted by molar-refractivity contribution is -0.388. The number of rotatable bonds is 7. The highest BCUT2D eigenvalue weighted by molar-refractivity contribution is 5.78. The molecule has 6 rings (SSSR count). The van der Waals surface area contributed by atoms with Crippen LogP contribution in [0, 0.1) is 27.9 Å². The van der Waals surface area contributed by atoms with Gasteiger partial charge in [0.25, 0.3) is 5.69 Å². The predicted octanol–water partition coefficient (Wildman–Crippen LogP) is 6.62. The molecule has 2 saturated heterocycles. The van der Waals surface area contributed by atoms with Crippen molar-refractivity contribution in [1.82, 2.24) is 10.2 Å². The Kier molecular flexibility index (Phi) is 7.61. The van der Waals surface area contributed by atoms with Gasteiger partial charge in [-0.1, -0.05) is 6.07 Å². The largest absolute Gasteiger partial charge is 0.423 e. The van der Waals surface area contributed by atoms with Gasteiger partial charge in [0.1, 0.15) is 5.56 Å². The van der Waals surface area contributed by atoms with Gasteiger partial charge in [0.05, 0.1) is 10.5 Å². The lowest BCUT2D eigenvalue weighted by atomic mass is 9.76. The van der Waals surface area contributed by atoms with Gasteiger partial charge in [-0.25, -0.2) is 0 Å². The van der Waals surface area contributed by atoms with E-state index in [2.05, 4.69) is 10.2 Å². The van der Waals surface area contributed by atoms with Gasteiger partial charge in [0, 0.05) is 61.9 Å². The Labute approximate surface area is 250 Å². The van der Waals surface area contributed by atoms with Crippen molar-refractivity contribution in [3.63, 3.8) is 0 Å². The number of halogens is 6. The molecule has 4 fully saturated rings. The number of amides is 1. The second-order valence-corrected chi connectivity index (χ2v) is 12.8. The van der Waals surface area contributed by atoms with Crippen LogP contribution < -0.4 is 10.2 Å². The van der Waals surface area contributed by atoms with Crippen molar-refractivity contribution >= 4 is 17.3 Å². The van der Waals surface area contributed by atoms with Crippen molar-refractivity contribution in [3.8, 4) is 0 Å². The highest BCUT2D eigenvalue weighted by Gasteiger charge is 2.81. The minimum Gasteiger partial charge on any atom is -0.372 e. The first-order chi connectivity index (χ1) is 20.7. The summed E-state index contributed by atoms with van der Waals surface area (Å²) >= 11 is 0. The molecule has 2 aromatic carbocycles. The number of piperidine rings is 1. The van der Waals surface area contributed by atoms with Gasteiger partial charge in [0.15, 0.2) is 0 Å². The predicted molar refractivity (Wildman–Crippen MR) is 150 cm³/mol. The minimum absolute atomic E-state index is 0.0680. The first kappa shape index (κ1) is 30.7. The number of nitro groups is 1. The third-order valence-electron chi connectivity index (χ3n) is 10.3. The van der Waals surface area contributed by atoms with E-state index in [1.54, 1.807) is 4.90 Å². The minimum atomic E-state index is -4.81. The first-order valence-electron chi connectivity index (χ1n) is 15.0. The molecule has 13 heteroatoms. The lowest BCUT2D eigenvalue weighted by Crippen LogP contribution is -2.42. The van der Waals surface area contributed by atoms with Crippen molar-refractivity contribution in [2.24, 2.45) is 17.8 Å². The fourth-order valence-corrected chi connectivity index (χ4v) is 7.78. The summed E-state index contributed by atoms with van der Waals surface area (Å²) in [5.74, 6) is 0.412. The van der Waals surface area contributed by atoms with E-state index in [0.717, 1.165) is 55.6 Å². The number of nitrogens with zero attached hydrogens (tertiary/aromatic N) is 3. The maximum Gasteiger partial charge on any atom is 0.423 e. The van der Waals surface area contributed by atoms with Crippen LogP contribution in [0.5, 0.6) is 0 Å². The van der Waals surface area contributed by atoms with E-state index in [9.17, 15) is 41.3 Å². The van der Waals surface area contributed by atoms with E-state index in [4.69, 9.17) is 0 Å². The van der Waals surface area contributed by atoms with Gasteiger partial charge >= 0.3 is 12.4 Å². The molecule has 2 heterocycles. The summed E-state index contributed by atoms with van der Waals surface area (Å²) in [7, 11) is 1.82. The van der Waals surface area contributed by atoms with E-state index in [1.807, 2.05) is 7.05 Å². The number of carbonyl (C=O) groups excluding carboxylic acids is 1. The van der Waals surface area contributed by atoms with Crippen molar-refractivity contribution in [1.29, 1.82) is 0 Å². The number of benzene rings is 2. The Morgan fingerprint density at radius 2 is 1.61 bits per heavy atom. The second kappa shape index (κ2) is 10.9. The summed E-state index contributed by atoms with van der Waals surface area (Å²) in [5, 5.41) is 14.5. The topological polar surface area (TPSA) is 88.6 Å². The van der Waals surface area contributed by atoms with Gasteiger partial charge in [-0.05, 0) is 86.3 Å². The summed E-state index contributed by atoms with van der Waals surface area (Å²) in [5.41, 5.74) is -1.88. The molecular formula is C31H34F6N4O3. The summed E-state index contributed by atoms with van der Waals surface area (Å²) in [6.45, 7) is 2.04. The molecule has 4 aliphatic rings. The van der Waals surface area contributed by atoms with Crippen LogP contribution in [0.3, 0.4) is 0 Å². The number of anilines is 1. The number of carbonyl (C=O) groups is 1. The summed E-state index contributed by atoms with van der Waals surface area (Å²) < 4.78 is 79.1. The molecule has 1 amide bonds. The molecule has 3 atom stereocenters. The smallest absolute Gasteiger partial charge is 0.372 e. The number of nitrogens with one attached hydrogen (secondary N) is 1. The Balaban J connectivity index is 0.980. The molecule has 7 nitrogen and oxygen atoms in total. The second-order valence-electron chi connectivity index (χ2n) is 12.8. The number of hydrogen-bond acceptors (Lipinski definition) is 5. The molecule has 0 bridgehead atoms. The molecule has 2 aliphatic carbocycles. The molecular weight excluding hydrogens is 590 g/mol. The number of nitro benzene ring substituents is 1. The van der Waals surface area contributed by atoms with Crippen molar-refractivity contribution in [3.05, 3.63) is 69.3 Å². The van der Waals surface area contributed by atoms with Crippen LogP contribution in [0.25, 0.3) is 0 Å². The molecule has 44 heavy (non-hydrogen) atoms. The van der Waals surface area contributed by atoms with Gasteiger partial charge in [-0.2, -0.15) is 26.3 Å². The van der Waals surface area contributed by atoms with Gasteiger partial charge in [-0.3, -0.25) is 14.9 Å². The molecule has 238 valence electrons. The van der Waals surface area contributed by atoms with Crippen LogP contribution in [0.4, 0.5) is 37.7 Å². The quantitative estimate of drug-likeness (QED) is 0.162. The Morgan fingerprint density at radius 1 is 0.977 bits per heavy atom. The molecule has 2 unspecified atom stereocenters.